The minimum absolute atomic E-state index is 0.0102. The van der Waals surface area contributed by atoms with Crippen LogP contribution in [-0.4, -0.2) is 30.5 Å². The lowest BCUT2D eigenvalue weighted by Crippen LogP contribution is -2.60. The zero-order valence-corrected chi connectivity index (χ0v) is 10.6. The zero-order valence-electron chi connectivity index (χ0n) is 10.6. The third-order valence-corrected chi connectivity index (χ3v) is 5.18. The highest BCUT2D eigenvalue weighted by atomic mass is 16.5. The molecule has 94 valence electrons. The van der Waals surface area contributed by atoms with Crippen molar-refractivity contribution in [1.82, 2.24) is 0 Å². The summed E-state index contributed by atoms with van der Waals surface area (Å²) in [5.41, 5.74) is 5.28. The van der Waals surface area contributed by atoms with Gasteiger partial charge < -0.3 is 15.6 Å². The second-order valence-corrected chi connectivity index (χ2v) is 6.19. The molecule has 0 amide bonds. The lowest BCUT2D eigenvalue weighted by Gasteiger charge is -2.53. The van der Waals surface area contributed by atoms with Gasteiger partial charge in [-0.15, -0.1) is 0 Å². The summed E-state index contributed by atoms with van der Waals surface area (Å²) in [5, 5.41) is 11.2. The molecule has 0 spiro atoms. The molecule has 1 saturated carbocycles. The SMILES string of the molecule is CC1(C)CCCC1(O)C1(CN)CCOCC1. The van der Waals surface area contributed by atoms with Crippen LogP contribution in [0.1, 0.15) is 46.0 Å². The molecule has 3 N–H and O–H groups in total. The first kappa shape index (κ1) is 12.3. The van der Waals surface area contributed by atoms with Crippen LogP contribution in [0.2, 0.25) is 0 Å². The fourth-order valence-electron chi connectivity index (χ4n) is 3.86. The Morgan fingerprint density at radius 3 is 2.19 bits per heavy atom. The van der Waals surface area contributed by atoms with Gasteiger partial charge in [0.25, 0.3) is 0 Å². The van der Waals surface area contributed by atoms with E-state index in [0.717, 1.165) is 45.3 Å². The van der Waals surface area contributed by atoms with Crippen molar-refractivity contribution in [1.29, 1.82) is 0 Å². The molecule has 1 heterocycles. The second kappa shape index (κ2) is 3.97. The lowest BCUT2D eigenvalue weighted by molar-refractivity contribution is -0.174. The Labute approximate surface area is 98.4 Å². The van der Waals surface area contributed by atoms with Crippen LogP contribution >= 0.6 is 0 Å². The average Bonchev–Trinajstić information content (AvgIpc) is 2.56. The van der Waals surface area contributed by atoms with Crippen molar-refractivity contribution < 1.29 is 9.84 Å². The third kappa shape index (κ3) is 1.52. The number of rotatable bonds is 2. The van der Waals surface area contributed by atoms with E-state index in [2.05, 4.69) is 13.8 Å². The normalized spacial score (nSPS) is 37.5. The Morgan fingerprint density at radius 2 is 1.75 bits per heavy atom. The molecule has 0 bridgehead atoms. The molecule has 1 aliphatic carbocycles. The van der Waals surface area contributed by atoms with Gasteiger partial charge in [0, 0.05) is 25.2 Å². The lowest BCUT2D eigenvalue weighted by atomic mass is 9.58. The van der Waals surface area contributed by atoms with Gasteiger partial charge >= 0.3 is 0 Å². The zero-order chi connectivity index (χ0) is 11.9. The minimum Gasteiger partial charge on any atom is -0.389 e. The Kier molecular flexibility index (Phi) is 3.06. The van der Waals surface area contributed by atoms with Crippen molar-refractivity contribution in [2.24, 2.45) is 16.6 Å². The first-order chi connectivity index (χ1) is 7.47. The fourth-order valence-corrected chi connectivity index (χ4v) is 3.86. The van der Waals surface area contributed by atoms with Crippen molar-refractivity contribution in [2.45, 2.75) is 51.6 Å². The first-order valence-electron chi connectivity index (χ1n) is 6.48. The van der Waals surface area contributed by atoms with E-state index in [4.69, 9.17) is 10.5 Å². The maximum atomic E-state index is 11.2. The molecule has 2 fully saturated rings. The van der Waals surface area contributed by atoms with Crippen molar-refractivity contribution in [3.8, 4) is 0 Å². The molecular weight excluding hydrogens is 202 g/mol. The molecule has 3 nitrogen and oxygen atoms in total. The summed E-state index contributed by atoms with van der Waals surface area (Å²) >= 11 is 0. The minimum atomic E-state index is -0.599. The van der Waals surface area contributed by atoms with Crippen LogP contribution in [0.4, 0.5) is 0 Å². The quantitative estimate of drug-likeness (QED) is 0.754. The molecule has 16 heavy (non-hydrogen) atoms. The van der Waals surface area contributed by atoms with Crippen LogP contribution < -0.4 is 5.73 Å². The van der Waals surface area contributed by atoms with E-state index in [-0.39, 0.29) is 10.8 Å². The van der Waals surface area contributed by atoms with Gasteiger partial charge in [-0.2, -0.15) is 0 Å². The third-order valence-electron chi connectivity index (χ3n) is 5.18. The van der Waals surface area contributed by atoms with Crippen molar-refractivity contribution in [3.63, 3.8) is 0 Å². The fraction of sp³-hybridized carbons (Fsp3) is 1.00. The predicted octanol–water partition coefficient (Wildman–Crippen LogP) is 1.68. The summed E-state index contributed by atoms with van der Waals surface area (Å²) < 4.78 is 5.43. The largest absolute Gasteiger partial charge is 0.389 e. The Morgan fingerprint density at radius 1 is 1.12 bits per heavy atom. The highest BCUT2D eigenvalue weighted by Gasteiger charge is 2.59. The highest BCUT2D eigenvalue weighted by molar-refractivity contribution is 5.10. The standard InChI is InChI=1S/C13H25NO2/c1-11(2)4-3-5-13(11,15)12(10-14)6-8-16-9-7-12/h15H,3-10,14H2,1-2H3. The maximum absolute atomic E-state index is 11.2. The van der Waals surface area contributed by atoms with Crippen LogP contribution in [0.5, 0.6) is 0 Å². The number of aliphatic hydroxyl groups is 1. The van der Waals surface area contributed by atoms with Crippen LogP contribution in [0.15, 0.2) is 0 Å². The van der Waals surface area contributed by atoms with Gasteiger partial charge in [0.1, 0.15) is 0 Å². The topological polar surface area (TPSA) is 55.5 Å². The molecule has 0 aromatic heterocycles. The summed E-state index contributed by atoms with van der Waals surface area (Å²) in [7, 11) is 0. The van der Waals surface area contributed by atoms with Crippen molar-refractivity contribution >= 4 is 0 Å². The molecule has 0 aromatic carbocycles. The van der Waals surface area contributed by atoms with Gasteiger partial charge in [-0.1, -0.05) is 13.8 Å². The van der Waals surface area contributed by atoms with Gasteiger partial charge in [-0.05, 0) is 37.5 Å². The smallest absolute Gasteiger partial charge is 0.0768 e. The van der Waals surface area contributed by atoms with Crippen molar-refractivity contribution in [3.05, 3.63) is 0 Å². The molecule has 0 radical (unpaired) electrons. The van der Waals surface area contributed by atoms with E-state index in [1.54, 1.807) is 0 Å². The van der Waals surface area contributed by atoms with E-state index in [1.807, 2.05) is 0 Å². The van der Waals surface area contributed by atoms with Gasteiger partial charge in [0.15, 0.2) is 0 Å². The molecule has 1 unspecified atom stereocenters. The molecular formula is C13H25NO2. The highest BCUT2D eigenvalue weighted by Crippen LogP contribution is 2.57. The van der Waals surface area contributed by atoms with Gasteiger partial charge in [0.2, 0.25) is 0 Å². The monoisotopic (exact) mass is 227 g/mol. The van der Waals surface area contributed by atoms with Crippen LogP contribution in [-0.2, 0) is 4.74 Å². The molecule has 1 saturated heterocycles. The Bertz CT molecular complexity index is 259. The van der Waals surface area contributed by atoms with E-state index in [1.165, 1.54) is 0 Å². The predicted molar refractivity (Wildman–Crippen MR) is 64.1 cm³/mol. The second-order valence-electron chi connectivity index (χ2n) is 6.19. The van der Waals surface area contributed by atoms with E-state index >= 15 is 0 Å². The summed E-state index contributed by atoms with van der Waals surface area (Å²) in [6, 6.07) is 0. The van der Waals surface area contributed by atoms with E-state index < -0.39 is 5.60 Å². The van der Waals surface area contributed by atoms with Gasteiger partial charge in [-0.3, -0.25) is 0 Å². The molecule has 3 heteroatoms. The Balaban J connectivity index is 2.32. The maximum Gasteiger partial charge on any atom is 0.0768 e. The molecule has 1 atom stereocenters. The Hall–Kier alpha value is -0.120. The summed E-state index contributed by atoms with van der Waals surface area (Å²) in [6.07, 6.45) is 4.93. The van der Waals surface area contributed by atoms with Crippen LogP contribution in [0.25, 0.3) is 0 Å². The molecule has 2 rings (SSSR count). The number of ether oxygens (including phenoxy) is 1. The number of hydrogen-bond acceptors (Lipinski definition) is 3. The number of nitrogens with two attached hydrogens (primary N) is 1. The molecule has 2 aliphatic rings. The molecule has 0 aromatic rings. The summed E-state index contributed by atoms with van der Waals surface area (Å²) in [5.74, 6) is 0. The van der Waals surface area contributed by atoms with Crippen molar-refractivity contribution in [2.75, 3.05) is 19.8 Å². The van der Waals surface area contributed by atoms with Crippen LogP contribution in [0.3, 0.4) is 0 Å². The number of hydrogen-bond donors (Lipinski definition) is 2. The molecule has 1 aliphatic heterocycles. The van der Waals surface area contributed by atoms with Gasteiger partial charge in [0.05, 0.1) is 5.60 Å². The summed E-state index contributed by atoms with van der Waals surface area (Å²) in [4.78, 5) is 0. The van der Waals surface area contributed by atoms with Gasteiger partial charge in [-0.25, -0.2) is 0 Å². The average molecular weight is 227 g/mol. The van der Waals surface area contributed by atoms with E-state index in [9.17, 15) is 5.11 Å². The van der Waals surface area contributed by atoms with Crippen LogP contribution in [0, 0.1) is 10.8 Å². The first-order valence-corrected chi connectivity index (χ1v) is 6.48. The summed E-state index contributed by atoms with van der Waals surface area (Å²) in [6.45, 7) is 6.45. The van der Waals surface area contributed by atoms with E-state index in [0.29, 0.717) is 6.54 Å².